The van der Waals surface area contributed by atoms with Gasteiger partial charge in [0, 0.05) is 32.1 Å². The number of piperidine rings is 2. The molecule has 0 N–H and O–H groups in total. The van der Waals surface area contributed by atoms with Crippen LogP contribution < -0.4 is 0 Å². The lowest BCUT2D eigenvalue weighted by Gasteiger charge is -2.63. The fourth-order valence-corrected chi connectivity index (χ4v) is 12.3. The van der Waals surface area contributed by atoms with Crippen molar-refractivity contribution in [2.75, 3.05) is 40.3 Å². The maximum atomic E-state index is 12.5. The van der Waals surface area contributed by atoms with E-state index in [2.05, 4.69) is 27.9 Å². The molecule has 0 aromatic carbocycles. The Balaban J connectivity index is 1.31. The summed E-state index contributed by atoms with van der Waals surface area (Å²) >= 11 is 0. The van der Waals surface area contributed by atoms with E-state index in [4.69, 9.17) is 9.47 Å². The van der Waals surface area contributed by atoms with Crippen molar-refractivity contribution in [2.45, 2.75) is 135 Å². The molecule has 10 atom stereocenters. The van der Waals surface area contributed by atoms with E-state index in [1.165, 1.54) is 103 Å². The predicted octanol–water partition coefficient (Wildman–Crippen LogP) is 6.11. The topological polar surface area (TPSA) is 52.6 Å². The lowest BCUT2D eigenvalue weighted by atomic mass is 9.44. The molecule has 0 amide bonds. The molecule has 2 aliphatic heterocycles. The van der Waals surface area contributed by atoms with Crippen molar-refractivity contribution in [2.24, 2.45) is 34.5 Å². The minimum atomic E-state index is -0.0998. The number of fused-ring (bicyclic) bond motifs is 5. The highest BCUT2D eigenvalue weighted by atomic mass is 16.5. The Bertz CT molecular complexity index is 1000. The Kier molecular flexibility index (Phi) is 7.87. The lowest BCUT2D eigenvalue weighted by molar-refractivity contribution is -0.943. The van der Waals surface area contributed by atoms with E-state index in [1.807, 2.05) is 0 Å². The maximum Gasteiger partial charge on any atom is 0.303 e. The van der Waals surface area contributed by atoms with Crippen molar-refractivity contribution in [3.05, 3.63) is 0 Å². The van der Waals surface area contributed by atoms with Gasteiger partial charge >= 0.3 is 11.9 Å². The van der Waals surface area contributed by atoms with Crippen LogP contribution in [0.3, 0.4) is 0 Å². The molecule has 6 heteroatoms. The van der Waals surface area contributed by atoms with Gasteiger partial charge in [-0.15, -0.1) is 0 Å². The van der Waals surface area contributed by atoms with Crippen LogP contribution in [0.5, 0.6) is 0 Å². The smallest absolute Gasteiger partial charge is 0.303 e. The molecule has 6 fully saturated rings. The summed E-state index contributed by atoms with van der Waals surface area (Å²) in [4.78, 5) is 24.8. The Labute approximate surface area is 250 Å². The second kappa shape index (κ2) is 10.8. The summed E-state index contributed by atoms with van der Waals surface area (Å²) in [5.41, 5.74) is 0.377. The van der Waals surface area contributed by atoms with Crippen LogP contribution in [0.15, 0.2) is 0 Å². The van der Waals surface area contributed by atoms with Crippen LogP contribution in [0.2, 0.25) is 0 Å². The van der Waals surface area contributed by atoms with E-state index in [0.717, 1.165) is 21.3 Å². The molecule has 4 aliphatic carbocycles. The molecule has 232 valence electrons. The summed E-state index contributed by atoms with van der Waals surface area (Å²) in [7, 11) is 4.94. The third kappa shape index (κ3) is 4.99. The first-order chi connectivity index (χ1) is 19.4. The van der Waals surface area contributed by atoms with E-state index in [0.29, 0.717) is 35.3 Å². The van der Waals surface area contributed by atoms with Crippen LogP contribution in [0.4, 0.5) is 0 Å². The Morgan fingerprint density at radius 2 is 1.27 bits per heavy atom. The number of likely N-dealkylation sites (tertiary alicyclic amines) is 2. The molecule has 0 spiro atoms. The number of carbonyl (C=O) groups is 2. The number of quaternary nitrogens is 2. The minimum absolute atomic E-state index is 0.0462. The third-order valence-corrected chi connectivity index (χ3v) is 14.5. The van der Waals surface area contributed by atoms with Gasteiger partial charge in [0.1, 0.15) is 12.1 Å². The molecule has 6 rings (SSSR count). The largest absolute Gasteiger partial charge is 0.456 e. The van der Waals surface area contributed by atoms with Gasteiger partial charge in [-0.2, -0.15) is 0 Å². The number of rotatable bonds is 4. The number of likely N-dealkylation sites (N-methyl/N-ethyl adjacent to an activating group) is 2. The average Bonchev–Trinajstić information content (AvgIpc) is 3.21. The van der Waals surface area contributed by atoms with Gasteiger partial charge in [-0.05, 0) is 99.7 Å². The minimum Gasteiger partial charge on any atom is -0.456 e. The van der Waals surface area contributed by atoms with Crippen molar-refractivity contribution >= 4 is 11.9 Å². The summed E-state index contributed by atoms with van der Waals surface area (Å²) in [6, 6.07) is 0.846. The first-order valence-electron chi connectivity index (χ1n) is 17.4. The highest BCUT2D eigenvalue weighted by Crippen LogP contribution is 2.68. The van der Waals surface area contributed by atoms with E-state index < -0.39 is 0 Å². The maximum absolute atomic E-state index is 12.5. The molecule has 0 aromatic heterocycles. The molecule has 0 aromatic rings. The molecule has 6 unspecified atom stereocenters. The second-order valence-corrected chi connectivity index (χ2v) is 16.7. The molecule has 0 bridgehead atoms. The average molecular weight is 573 g/mol. The Morgan fingerprint density at radius 3 is 1.85 bits per heavy atom. The monoisotopic (exact) mass is 572 g/mol. The van der Waals surface area contributed by atoms with E-state index in [-0.39, 0.29) is 29.6 Å². The second-order valence-electron chi connectivity index (χ2n) is 16.7. The van der Waals surface area contributed by atoms with Crippen LogP contribution >= 0.6 is 0 Å². The zero-order valence-electron chi connectivity index (χ0n) is 27.2. The molecule has 4 saturated carbocycles. The van der Waals surface area contributed by atoms with Gasteiger partial charge in [-0.1, -0.05) is 13.8 Å². The molecule has 6 nitrogen and oxygen atoms in total. The SMILES string of the molecule is CC(=O)OC1C([N+]2(C)CCCCC2)CC2C3CC[C@H]4C[C@H](OC(C)=O)C([N+]5(C)CCCCC5)C[C@]4(C)C3CC[C@@]21C. The summed E-state index contributed by atoms with van der Waals surface area (Å²) < 4.78 is 14.7. The predicted molar refractivity (Wildman–Crippen MR) is 161 cm³/mol. The highest BCUT2D eigenvalue weighted by molar-refractivity contribution is 5.66. The quantitative estimate of drug-likeness (QED) is 0.301. The normalized spacial score (nSPS) is 46.9. The number of carbonyl (C=O) groups excluding carboxylic acids is 2. The molecular formula is C35H60N2O4+2. The van der Waals surface area contributed by atoms with E-state index >= 15 is 0 Å². The Morgan fingerprint density at radius 1 is 0.683 bits per heavy atom. The van der Waals surface area contributed by atoms with Gasteiger partial charge in [0.15, 0.2) is 12.2 Å². The van der Waals surface area contributed by atoms with Gasteiger partial charge < -0.3 is 18.4 Å². The van der Waals surface area contributed by atoms with Gasteiger partial charge in [-0.25, -0.2) is 0 Å². The van der Waals surface area contributed by atoms with Crippen LogP contribution in [-0.4, -0.2) is 85.5 Å². The molecule has 0 radical (unpaired) electrons. The van der Waals surface area contributed by atoms with Crippen molar-refractivity contribution in [3.63, 3.8) is 0 Å². The summed E-state index contributed by atoms with van der Waals surface area (Å²) in [5, 5.41) is 0. The summed E-state index contributed by atoms with van der Waals surface area (Å²) in [6.45, 7) is 13.3. The number of nitrogens with zero attached hydrogens (tertiary/aromatic N) is 2. The first-order valence-corrected chi connectivity index (χ1v) is 17.4. The van der Waals surface area contributed by atoms with Gasteiger partial charge in [-0.3, -0.25) is 9.59 Å². The van der Waals surface area contributed by atoms with Crippen LogP contribution in [0.25, 0.3) is 0 Å². The standard InChI is InChI=1S/C35H60N2O4/c1-24(38)40-32-21-26-13-14-27-28(35(26,4)23-31(32)37(6)19-11-8-12-20-37)15-16-34(3)29(27)22-30(33(34)41-25(2)39)36(5)17-9-7-10-18-36/h26-33H,7-23H2,1-6H3/q+2/t26-,27?,28?,29?,30?,31?,32-,33?,34-,35-/m0/s1. The number of hydrogen-bond donors (Lipinski definition) is 0. The molecular weight excluding hydrogens is 512 g/mol. The Hall–Kier alpha value is -1.14. The van der Waals surface area contributed by atoms with Crippen molar-refractivity contribution in [3.8, 4) is 0 Å². The van der Waals surface area contributed by atoms with Crippen molar-refractivity contribution < 1.29 is 28.0 Å². The fourth-order valence-electron chi connectivity index (χ4n) is 12.3. The molecule has 2 saturated heterocycles. The summed E-state index contributed by atoms with van der Waals surface area (Å²) in [6.07, 6.45) is 16.4. The first kappa shape index (κ1) is 29.9. The highest BCUT2D eigenvalue weighted by Gasteiger charge is 2.68. The van der Waals surface area contributed by atoms with Gasteiger partial charge in [0.25, 0.3) is 0 Å². The number of esters is 2. The molecule has 6 aliphatic rings. The molecule has 2 heterocycles. The zero-order chi connectivity index (χ0) is 29.2. The lowest BCUT2D eigenvalue weighted by Crippen LogP contribution is -2.66. The fraction of sp³-hybridized carbons (Fsp3) is 0.943. The number of hydrogen-bond acceptors (Lipinski definition) is 4. The van der Waals surface area contributed by atoms with Gasteiger partial charge in [0.05, 0.1) is 40.3 Å². The van der Waals surface area contributed by atoms with Crippen molar-refractivity contribution in [1.29, 1.82) is 0 Å². The van der Waals surface area contributed by atoms with Crippen LogP contribution in [0.1, 0.15) is 111 Å². The zero-order valence-corrected chi connectivity index (χ0v) is 27.2. The van der Waals surface area contributed by atoms with Crippen LogP contribution in [-0.2, 0) is 19.1 Å². The summed E-state index contributed by atoms with van der Waals surface area (Å²) in [5.74, 6) is 2.52. The van der Waals surface area contributed by atoms with E-state index in [1.54, 1.807) is 13.8 Å². The van der Waals surface area contributed by atoms with E-state index in [9.17, 15) is 9.59 Å². The third-order valence-electron chi connectivity index (χ3n) is 14.5. The molecule has 41 heavy (non-hydrogen) atoms. The van der Waals surface area contributed by atoms with Crippen LogP contribution in [0, 0.1) is 34.5 Å². The van der Waals surface area contributed by atoms with Crippen molar-refractivity contribution in [1.82, 2.24) is 0 Å². The number of ether oxygens (including phenoxy) is 2. The van der Waals surface area contributed by atoms with Gasteiger partial charge in [0.2, 0.25) is 0 Å².